The van der Waals surface area contributed by atoms with Crippen LogP contribution in [-0.4, -0.2) is 19.6 Å². The molecule has 0 saturated carbocycles. The molecule has 8 aromatic rings. The Bertz CT molecular complexity index is 2690. The molecule has 4 heteroatoms. The predicted octanol–water partition coefficient (Wildman–Crippen LogP) is 12.4. The largest absolute Gasteiger partial charge is 0.507 e. The number of fused-ring (bicyclic) bond motifs is 4. The maximum absolute atomic E-state index is 11.2. The van der Waals surface area contributed by atoms with Gasteiger partial charge in [-0.2, -0.15) is 0 Å². The lowest BCUT2D eigenvalue weighted by molar-refractivity contribution is 0.477. The monoisotopic (exact) mass is 687 g/mol. The molecule has 6 aromatic carbocycles. The lowest BCUT2D eigenvalue weighted by Crippen LogP contribution is -2.15. The van der Waals surface area contributed by atoms with Gasteiger partial charge < -0.3 is 5.11 Å². The Morgan fingerprint density at radius 2 is 1.25 bits per heavy atom. The summed E-state index contributed by atoms with van der Waals surface area (Å²) >= 11 is 0. The molecule has 53 heavy (non-hydrogen) atoms. The maximum Gasteiger partial charge on any atom is 0.149 e. The number of hydrogen-bond donors (Lipinski definition) is 1. The molecule has 1 N–H and O–H groups in total. The summed E-state index contributed by atoms with van der Waals surface area (Å²) < 4.78 is 2.22. The maximum atomic E-state index is 11.2. The van der Waals surface area contributed by atoms with Crippen LogP contribution in [0.15, 0.2) is 152 Å². The molecule has 0 radical (unpaired) electrons. The molecule has 0 bridgehead atoms. The van der Waals surface area contributed by atoms with Gasteiger partial charge in [-0.1, -0.05) is 138 Å². The molecule has 0 atom stereocenters. The van der Waals surface area contributed by atoms with Gasteiger partial charge >= 0.3 is 0 Å². The quantitative estimate of drug-likeness (QED) is 0.196. The first-order valence-corrected chi connectivity index (χ1v) is 18.3. The highest BCUT2D eigenvalue weighted by atomic mass is 16.3. The summed E-state index contributed by atoms with van der Waals surface area (Å²) in [7, 11) is 0. The van der Waals surface area contributed by atoms with Gasteiger partial charge in [-0.05, 0) is 81.3 Å². The second-order valence-electron chi connectivity index (χ2n) is 15.7. The van der Waals surface area contributed by atoms with E-state index >= 15 is 0 Å². The molecular formula is C49H41N3O. The zero-order valence-corrected chi connectivity index (χ0v) is 30.7. The molecule has 2 aromatic heterocycles. The lowest BCUT2D eigenvalue weighted by atomic mass is 9.82. The third-order valence-corrected chi connectivity index (χ3v) is 11.0. The van der Waals surface area contributed by atoms with E-state index in [4.69, 9.17) is 9.97 Å². The molecule has 0 aliphatic heterocycles. The molecule has 1 aliphatic rings. The van der Waals surface area contributed by atoms with Crippen LogP contribution in [0, 0.1) is 0 Å². The minimum Gasteiger partial charge on any atom is -0.507 e. The number of phenolic OH excluding ortho intramolecular Hbond substituents is 1. The van der Waals surface area contributed by atoms with Gasteiger partial charge in [-0.15, -0.1) is 0 Å². The van der Waals surface area contributed by atoms with E-state index in [1.54, 1.807) is 6.07 Å². The summed E-state index contributed by atoms with van der Waals surface area (Å²) in [5.74, 6) is 0.873. The van der Waals surface area contributed by atoms with Crippen molar-refractivity contribution in [1.82, 2.24) is 14.5 Å². The van der Waals surface area contributed by atoms with Gasteiger partial charge in [0.05, 0.1) is 28.0 Å². The van der Waals surface area contributed by atoms with Gasteiger partial charge in [0.25, 0.3) is 0 Å². The van der Waals surface area contributed by atoms with Gasteiger partial charge in [0.15, 0.2) is 0 Å². The van der Waals surface area contributed by atoms with Gasteiger partial charge in [0, 0.05) is 33.9 Å². The topological polar surface area (TPSA) is 50.9 Å². The molecule has 1 aliphatic carbocycles. The number of pyridine rings is 1. The van der Waals surface area contributed by atoms with Crippen molar-refractivity contribution in [2.75, 3.05) is 0 Å². The molecule has 0 fully saturated rings. The van der Waals surface area contributed by atoms with Crippen molar-refractivity contribution in [2.24, 2.45) is 0 Å². The van der Waals surface area contributed by atoms with Crippen LogP contribution < -0.4 is 0 Å². The Labute approximate surface area is 311 Å². The van der Waals surface area contributed by atoms with Crippen LogP contribution in [0.5, 0.6) is 5.75 Å². The molecule has 9 rings (SSSR count). The number of phenols is 1. The summed E-state index contributed by atoms with van der Waals surface area (Å²) in [6.07, 6.45) is 2.04. The van der Waals surface area contributed by atoms with Crippen LogP contribution in [0.25, 0.3) is 72.7 Å². The third-order valence-electron chi connectivity index (χ3n) is 11.0. The summed E-state index contributed by atoms with van der Waals surface area (Å²) in [6, 6.07) is 50.7. The molecule has 258 valence electrons. The van der Waals surface area contributed by atoms with Crippen LogP contribution in [0.1, 0.15) is 51.3 Å². The van der Waals surface area contributed by atoms with Crippen molar-refractivity contribution in [3.8, 4) is 67.5 Å². The Morgan fingerprint density at radius 1 is 0.566 bits per heavy atom. The number of aromatic hydroxyl groups is 1. The third kappa shape index (κ3) is 5.36. The number of rotatable bonds is 5. The second kappa shape index (κ2) is 12.2. The summed E-state index contributed by atoms with van der Waals surface area (Å²) in [4.78, 5) is 10.4. The van der Waals surface area contributed by atoms with E-state index in [0.717, 1.165) is 50.2 Å². The Kier molecular flexibility index (Phi) is 7.49. The highest BCUT2D eigenvalue weighted by molar-refractivity contribution is 5.97. The Balaban J connectivity index is 1.24. The van der Waals surface area contributed by atoms with Crippen molar-refractivity contribution in [3.63, 3.8) is 0 Å². The van der Waals surface area contributed by atoms with Crippen molar-refractivity contribution in [3.05, 3.63) is 168 Å². The average molecular weight is 688 g/mol. The van der Waals surface area contributed by atoms with Crippen LogP contribution in [0.2, 0.25) is 0 Å². The number of para-hydroxylation sites is 2. The smallest absolute Gasteiger partial charge is 0.149 e. The molecule has 0 amide bonds. The molecule has 0 spiro atoms. The SMILES string of the molecule is CC(C)(C)c1ccc(-n2c(-c3ccccc3O)nc3c(-c4cccc(-c5cc6c(cn5)-c5ccccc5C6(C)C)c4)cccc32)c(-c2ccccc2)c1. The fraction of sp³-hybridized carbons (Fsp3) is 0.143. The number of hydrogen-bond acceptors (Lipinski definition) is 3. The van der Waals surface area contributed by atoms with Crippen LogP contribution in [0.4, 0.5) is 0 Å². The van der Waals surface area contributed by atoms with Crippen LogP contribution in [-0.2, 0) is 10.8 Å². The van der Waals surface area contributed by atoms with Crippen molar-refractivity contribution < 1.29 is 5.11 Å². The normalized spacial score (nSPS) is 13.2. The van der Waals surface area contributed by atoms with Crippen molar-refractivity contribution in [2.45, 2.75) is 45.4 Å². The first-order valence-electron chi connectivity index (χ1n) is 18.3. The van der Waals surface area contributed by atoms with E-state index in [1.165, 1.54) is 27.8 Å². The van der Waals surface area contributed by atoms with E-state index in [2.05, 4.69) is 161 Å². The van der Waals surface area contributed by atoms with Gasteiger partial charge in [-0.25, -0.2) is 4.98 Å². The summed E-state index contributed by atoms with van der Waals surface area (Å²) in [5.41, 5.74) is 16.0. The minimum absolute atomic E-state index is 0.0365. The minimum atomic E-state index is -0.108. The van der Waals surface area contributed by atoms with Crippen molar-refractivity contribution in [1.29, 1.82) is 0 Å². The molecule has 4 nitrogen and oxygen atoms in total. The average Bonchev–Trinajstić information content (AvgIpc) is 3.67. The highest BCUT2D eigenvalue weighted by Crippen LogP contribution is 2.49. The standard InChI is InChI=1S/C49H41N3O/c1-48(2,3)34-25-26-43(38(28-34)31-15-7-6-8-16-31)52-44-23-14-21-35(46(44)51-47(52)37-20-10-12-24-45(37)53)32-17-13-18-33(27-32)42-29-41-39(30-50-42)36-19-9-11-22-40(36)49(41,4)5/h6-30,53H,1-5H3. The van der Waals surface area contributed by atoms with Gasteiger partial charge in [-0.3, -0.25) is 9.55 Å². The van der Waals surface area contributed by atoms with E-state index in [-0.39, 0.29) is 16.6 Å². The molecule has 0 unspecified atom stereocenters. The van der Waals surface area contributed by atoms with Crippen LogP contribution >= 0.6 is 0 Å². The Hall–Kier alpha value is -6.26. The second-order valence-corrected chi connectivity index (χ2v) is 15.7. The fourth-order valence-electron chi connectivity index (χ4n) is 8.07. The zero-order valence-electron chi connectivity index (χ0n) is 30.7. The first kappa shape index (κ1) is 32.6. The molecular weight excluding hydrogens is 647 g/mol. The lowest BCUT2D eigenvalue weighted by Gasteiger charge is -2.23. The first-order chi connectivity index (χ1) is 25.6. The van der Waals surface area contributed by atoms with Gasteiger partial charge in [0.1, 0.15) is 11.6 Å². The van der Waals surface area contributed by atoms with Gasteiger partial charge in [0.2, 0.25) is 0 Å². The number of aromatic nitrogens is 3. The highest BCUT2D eigenvalue weighted by Gasteiger charge is 2.35. The summed E-state index contributed by atoms with van der Waals surface area (Å²) in [5, 5.41) is 11.2. The predicted molar refractivity (Wildman–Crippen MR) is 219 cm³/mol. The summed E-state index contributed by atoms with van der Waals surface area (Å²) in [6.45, 7) is 11.3. The molecule has 0 saturated heterocycles. The fourth-order valence-corrected chi connectivity index (χ4v) is 8.07. The number of nitrogens with zero attached hydrogens (tertiary/aromatic N) is 3. The zero-order chi connectivity index (χ0) is 36.5. The number of imidazole rings is 1. The van der Waals surface area contributed by atoms with E-state index in [0.29, 0.717) is 11.4 Å². The number of benzene rings is 6. The van der Waals surface area contributed by atoms with E-state index in [9.17, 15) is 5.11 Å². The van der Waals surface area contributed by atoms with Crippen molar-refractivity contribution >= 4 is 11.0 Å². The van der Waals surface area contributed by atoms with Crippen LogP contribution in [0.3, 0.4) is 0 Å². The van der Waals surface area contributed by atoms with E-state index < -0.39 is 0 Å². The Morgan fingerprint density at radius 3 is 2.04 bits per heavy atom. The van der Waals surface area contributed by atoms with E-state index in [1.807, 2.05) is 24.4 Å². The molecule has 2 heterocycles.